The molecular weight excluding hydrogens is 243 g/mol. The topological polar surface area (TPSA) is 9.23 Å². The minimum absolute atomic E-state index is 0. The first-order chi connectivity index (χ1) is 6.80. The van der Waals surface area contributed by atoms with Gasteiger partial charge in [-0.2, -0.15) is 0 Å². The molecule has 84 valence electrons. The van der Waals surface area contributed by atoms with Crippen LogP contribution in [-0.2, 0) is 0 Å². The summed E-state index contributed by atoms with van der Waals surface area (Å²) in [5.41, 5.74) is -0.0657. The molecule has 0 amide bonds. The molecule has 6 heteroatoms. The van der Waals surface area contributed by atoms with Gasteiger partial charge in [0.1, 0.15) is 5.75 Å². The van der Waals surface area contributed by atoms with E-state index in [2.05, 4.69) is 0 Å². The summed E-state index contributed by atoms with van der Waals surface area (Å²) in [4.78, 5) is 0. The molecule has 0 atom stereocenters. The van der Waals surface area contributed by atoms with E-state index in [1.165, 1.54) is 6.07 Å². The molecule has 16 heavy (non-hydrogen) atoms. The first kappa shape index (κ1) is 16.5. The van der Waals surface area contributed by atoms with Gasteiger partial charge in [-0.05, 0) is 32.4 Å². The molecule has 0 aromatic heterocycles. The van der Waals surface area contributed by atoms with Crippen LogP contribution in [0.15, 0.2) is 18.2 Å². The van der Waals surface area contributed by atoms with Crippen LogP contribution in [0.5, 0.6) is 5.75 Å². The molecule has 0 heterocycles. The minimum atomic E-state index is -4.92. The van der Waals surface area contributed by atoms with Gasteiger partial charge < -0.3 is 17.7 Å². The zero-order valence-corrected chi connectivity index (χ0v) is 13.1. The summed E-state index contributed by atoms with van der Waals surface area (Å²) in [5, 5.41) is 0. The molecule has 0 unspecified atom stereocenters. The van der Waals surface area contributed by atoms with E-state index in [1.807, 2.05) is 13.8 Å². The molecule has 1 rings (SSSR count). The van der Waals surface area contributed by atoms with Crippen molar-refractivity contribution in [3.8, 4) is 5.75 Å². The quantitative estimate of drug-likeness (QED) is 0.683. The predicted octanol–water partition coefficient (Wildman–Crippen LogP) is -0.159. The van der Waals surface area contributed by atoms with Gasteiger partial charge in [0.15, 0.2) is 0 Å². The minimum Gasteiger partial charge on any atom is -0.491 e. The Bertz CT molecular complexity index is 352. The summed E-state index contributed by atoms with van der Waals surface area (Å²) in [7, 11) is 0. The van der Waals surface area contributed by atoms with Crippen molar-refractivity contribution in [1.29, 1.82) is 0 Å². The van der Waals surface area contributed by atoms with Gasteiger partial charge in [0.25, 0.3) is 0 Å². The van der Waals surface area contributed by atoms with Crippen molar-refractivity contribution in [3.63, 3.8) is 0 Å². The fourth-order valence-electron chi connectivity index (χ4n) is 1.26. The van der Waals surface area contributed by atoms with Crippen molar-refractivity contribution in [2.45, 2.75) is 26.9 Å². The van der Waals surface area contributed by atoms with Gasteiger partial charge in [0.05, 0.1) is 6.10 Å². The smallest absolute Gasteiger partial charge is 0.491 e. The molecule has 0 aliphatic heterocycles. The van der Waals surface area contributed by atoms with E-state index in [4.69, 9.17) is 4.74 Å². The third kappa shape index (κ3) is 4.79. The Morgan fingerprint density at radius 2 is 1.75 bits per heavy atom. The van der Waals surface area contributed by atoms with Crippen LogP contribution in [0.4, 0.5) is 12.9 Å². The Balaban J connectivity index is 0.00000225. The van der Waals surface area contributed by atoms with E-state index >= 15 is 0 Å². The van der Waals surface area contributed by atoms with Crippen LogP contribution in [0.3, 0.4) is 0 Å². The molecule has 0 saturated heterocycles. The van der Waals surface area contributed by atoms with Crippen molar-refractivity contribution >= 4 is 12.4 Å². The normalized spacial score (nSPS) is 11.2. The van der Waals surface area contributed by atoms with Crippen LogP contribution in [0.25, 0.3) is 0 Å². The number of hydrogen-bond donors (Lipinski definition) is 0. The Kier molecular flexibility index (Phi) is 6.65. The van der Waals surface area contributed by atoms with Crippen molar-refractivity contribution in [2.24, 2.45) is 0 Å². The summed E-state index contributed by atoms with van der Waals surface area (Å²) in [6.45, 7) is 0.366. The second kappa shape index (κ2) is 6.45. The van der Waals surface area contributed by atoms with Gasteiger partial charge >= 0.3 is 58.4 Å². The molecule has 0 aliphatic rings. The Morgan fingerprint density at radius 1 is 1.19 bits per heavy atom. The van der Waals surface area contributed by atoms with E-state index in [9.17, 15) is 12.9 Å². The van der Waals surface area contributed by atoms with Gasteiger partial charge in [-0.1, -0.05) is 12.1 Å². The maximum atomic E-state index is 12.4. The predicted molar refractivity (Wildman–Crippen MR) is 55.7 cm³/mol. The maximum absolute atomic E-state index is 12.4. The third-order valence-corrected chi connectivity index (χ3v) is 1.94. The molecule has 0 bridgehead atoms. The fraction of sp³-hybridized carbons (Fsp3) is 0.400. The third-order valence-electron chi connectivity index (χ3n) is 1.94. The van der Waals surface area contributed by atoms with E-state index < -0.39 is 12.4 Å². The second-order valence-corrected chi connectivity index (χ2v) is 3.77. The van der Waals surface area contributed by atoms with Gasteiger partial charge in [0.2, 0.25) is 0 Å². The average Bonchev–Trinajstić information content (AvgIpc) is 2.05. The molecule has 1 nitrogen and oxygen atoms in total. The number of halogens is 3. The van der Waals surface area contributed by atoms with E-state index in [-0.39, 0.29) is 57.5 Å². The summed E-state index contributed by atoms with van der Waals surface area (Å²) in [6.07, 6.45) is -0.0362. The largest absolute Gasteiger partial charge is 1.00 e. The maximum Gasteiger partial charge on any atom is 1.00 e. The van der Waals surface area contributed by atoms with Crippen LogP contribution in [0, 0.1) is 6.92 Å². The van der Waals surface area contributed by atoms with E-state index in [0.717, 1.165) is 12.1 Å². The van der Waals surface area contributed by atoms with Crippen LogP contribution in [0.2, 0.25) is 0 Å². The number of benzene rings is 1. The molecule has 0 fully saturated rings. The Morgan fingerprint density at radius 3 is 2.12 bits per heavy atom. The fourth-order valence-corrected chi connectivity index (χ4v) is 1.26. The van der Waals surface area contributed by atoms with Crippen LogP contribution in [-0.4, -0.2) is 13.1 Å². The molecule has 1 aromatic rings. The van der Waals surface area contributed by atoms with E-state index in [0.29, 0.717) is 11.3 Å². The molecule has 1 aromatic carbocycles. The number of rotatable bonds is 3. The number of hydrogen-bond acceptors (Lipinski definition) is 1. The summed E-state index contributed by atoms with van der Waals surface area (Å²) >= 11 is 0. The molecule has 0 N–H and O–H groups in total. The van der Waals surface area contributed by atoms with Crippen molar-refractivity contribution in [3.05, 3.63) is 23.8 Å². The van der Waals surface area contributed by atoms with Gasteiger partial charge in [-0.25, -0.2) is 0 Å². The van der Waals surface area contributed by atoms with Gasteiger partial charge in [-0.3, -0.25) is 0 Å². The monoisotopic (exact) mass is 256 g/mol. The zero-order valence-electron chi connectivity index (χ0n) is 9.93. The molecular formula is C10H13BF3KO. The molecule has 0 saturated carbocycles. The Hall–Kier alpha value is 0.511. The standard InChI is InChI=1S/C10H13BF3O.K/c1-7(2)15-10-5-4-9(6-8(10)3)11(12,13)14;/h4-7H,1-3H3;/q-1;+1. The Labute approximate surface area is 136 Å². The van der Waals surface area contributed by atoms with Crippen molar-refractivity contribution in [2.75, 3.05) is 0 Å². The molecule has 0 spiro atoms. The summed E-state index contributed by atoms with van der Waals surface area (Å²) in [5.74, 6) is 0.508. The average molecular weight is 256 g/mol. The first-order valence-corrected chi connectivity index (χ1v) is 4.78. The van der Waals surface area contributed by atoms with Gasteiger partial charge in [-0.15, -0.1) is 5.46 Å². The number of aryl methyl sites for hydroxylation is 1. The zero-order chi connectivity index (χ0) is 11.6. The summed E-state index contributed by atoms with van der Waals surface area (Å²) < 4.78 is 42.5. The molecule has 0 radical (unpaired) electrons. The summed E-state index contributed by atoms with van der Waals surface area (Å²) in [6, 6.07) is 3.56. The number of ether oxygens (including phenoxy) is 1. The van der Waals surface area contributed by atoms with Gasteiger partial charge in [0, 0.05) is 0 Å². The SMILES string of the molecule is Cc1cc([B-](F)(F)F)ccc1OC(C)C.[K+]. The van der Waals surface area contributed by atoms with E-state index in [1.54, 1.807) is 6.92 Å². The van der Waals surface area contributed by atoms with Crippen molar-refractivity contribution in [1.82, 2.24) is 0 Å². The van der Waals surface area contributed by atoms with Crippen LogP contribution >= 0.6 is 0 Å². The second-order valence-electron chi connectivity index (χ2n) is 3.77. The van der Waals surface area contributed by atoms with Crippen LogP contribution in [0.1, 0.15) is 19.4 Å². The van der Waals surface area contributed by atoms with Crippen LogP contribution < -0.4 is 61.6 Å². The first-order valence-electron chi connectivity index (χ1n) is 4.78. The molecule has 0 aliphatic carbocycles. The van der Waals surface area contributed by atoms with Crippen molar-refractivity contribution < 1.29 is 69.1 Å².